The van der Waals surface area contributed by atoms with Crippen LogP contribution in [0, 0.1) is 5.92 Å². The molecule has 2 rings (SSSR count). The van der Waals surface area contributed by atoms with Crippen LogP contribution in [0.1, 0.15) is 39.2 Å². The highest BCUT2D eigenvalue weighted by Crippen LogP contribution is 2.74. The van der Waals surface area contributed by atoms with E-state index in [4.69, 9.17) is 9.26 Å². The van der Waals surface area contributed by atoms with Crippen molar-refractivity contribution in [3.8, 4) is 0 Å². The molecule has 1 aliphatic carbocycles. The lowest BCUT2D eigenvalue weighted by Gasteiger charge is -2.32. The molecule has 5 nitrogen and oxygen atoms in total. The number of alkyl carbamates (subject to hydrolysis) is 1. The molecule has 0 bridgehead atoms. The van der Waals surface area contributed by atoms with Crippen LogP contribution in [-0.2, 0) is 20.4 Å². The lowest BCUT2D eigenvalue weighted by atomic mass is 10.2. The van der Waals surface area contributed by atoms with Gasteiger partial charge in [0, 0.05) is 11.6 Å². The third-order valence-electron chi connectivity index (χ3n) is 4.85. The van der Waals surface area contributed by atoms with Crippen LogP contribution >= 0.6 is 7.37 Å². The molecule has 25 heavy (non-hydrogen) atoms. The van der Waals surface area contributed by atoms with Crippen molar-refractivity contribution >= 4 is 13.5 Å². The fourth-order valence-corrected chi connectivity index (χ4v) is 6.54. The van der Waals surface area contributed by atoms with E-state index in [1.807, 2.05) is 51.1 Å². The van der Waals surface area contributed by atoms with Crippen LogP contribution in [0.5, 0.6) is 0 Å². The van der Waals surface area contributed by atoms with Crippen LogP contribution in [0.25, 0.3) is 0 Å². The molecule has 138 valence electrons. The maximum Gasteiger partial charge on any atom is 0.408 e. The molecule has 0 radical (unpaired) electrons. The summed E-state index contributed by atoms with van der Waals surface area (Å²) in [5.74, 6) is -0.0665. The highest BCUT2D eigenvalue weighted by atomic mass is 31.2. The highest BCUT2D eigenvalue weighted by Gasteiger charge is 2.67. The standard InChI is InChI=1S/C19H28NO4P/c1-5-15(4)25(22,24-7-3)19(13-17(19)6-2)20-18(21)23-14-16-11-9-8-10-12-16/h6,8-12,15,17H,2,5,7,13-14H2,1,3-4H3,(H,20,21). The van der Waals surface area contributed by atoms with Gasteiger partial charge in [-0.3, -0.25) is 4.57 Å². The third kappa shape index (κ3) is 3.99. The molecule has 0 saturated heterocycles. The SMILES string of the molecule is C=CC1CC1(NC(=O)OCc1ccccc1)P(=O)(OCC)C(C)CC. The van der Waals surface area contributed by atoms with E-state index in [1.54, 1.807) is 6.08 Å². The van der Waals surface area contributed by atoms with Gasteiger partial charge in [0.15, 0.2) is 0 Å². The van der Waals surface area contributed by atoms with Gasteiger partial charge in [0.2, 0.25) is 7.37 Å². The lowest BCUT2D eigenvalue weighted by Crippen LogP contribution is -2.41. The molecule has 1 aromatic carbocycles. The van der Waals surface area contributed by atoms with Crippen LogP contribution < -0.4 is 5.32 Å². The van der Waals surface area contributed by atoms with Crippen molar-refractivity contribution in [1.82, 2.24) is 5.32 Å². The second kappa shape index (κ2) is 8.20. The Hall–Kier alpha value is -1.58. The normalized spacial score (nSPS) is 25.5. The number of rotatable bonds is 9. The van der Waals surface area contributed by atoms with E-state index >= 15 is 0 Å². The second-order valence-electron chi connectivity index (χ2n) is 6.43. The summed E-state index contributed by atoms with van der Waals surface area (Å²) in [5.41, 5.74) is 0.754. The van der Waals surface area contributed by atoms with Gasteiger partial charge in [-0.2, -0.15) is 0 Å². The summed E-state index contributed by atoms with van der Waals surface area (Å²) in [6.45, 7) is 10.0. The first-order chi connectivity index (χ1) is 11.9. The zero-order valence-electron chi connectivity index (χ0n) is 15.2. The Kier molecular flexibility index (Phi) is 6.47. The molecule has 1 fully saturated rings. The zero-order valence-corrected chi connectivity index (χ0v) is 16.1. The van der Waals surface area contributed by atoms with Gasteiger partial charge in [-0.25, -0.2) is 4.79 Å². The smallest absolute Gasteiger partial charge is 0.408 e. The number of amides is 1. The molecule has 1 amide bonds. The first kappa shape index (κ1) is 19.7. The minimum Gasteiger partial charge on any atom is -0.445 e. The molecule has 0 heterocycles. The Morgan fingerprint density at radius 1 is 1.44 bits per heavy atom. The van der Waals surface area contributed by atoms with E-state index in [0.29, 0.717) is 19.4 Å². The molecule has 1 aromatic rings. The van der Waals surface area contributed by atoms with Crippen LogP contribution in [0.4, 0.5) is 4.79 Å². The largest absolute Gasteiger partial charge is 0.445 e. The molecule has 1 aliphatic rings. The van der Waals surface area contributed by atoms with E-state index in [2.05, 4.69) is 11.9 Å². The van der Waals surface area contributed by atoms with Crippen molar-refractivity contribution in [3.05, 3.63) is 48.6 Å². The molecule has 4 unspecified atom stereocenters. The van der Waals surface area contributed by atoms with Gasteiger partial charge in [-0.1, -0.05) is 50.3 Å². The molecule has 0 aliphatic heterocycles. The van der Waals surface area contributed by atoms with E-state index in [-0.39, 0.29) is 18.2 Å². The number of carbonyl (C=O) groups excluding carboxylic acids is 1. The Bertz CT molecular complexity index is 648. The number of hydrogen-bond acceptors (Lipinski definition) is 4. The molecular weight excluding hydrogens is 337 g/mol. The van der Waals surface area contributed by atoms with Gasteiger partial charge in [-0.05, 0) is 25.3 Å². The Labute approximate surface area is 150 Å². The Balaban J connectivity index is 2.12. The van der Waals surface area contributed by atoms with E-state index < -0.39 is 18.7 Å². The molecule has 0 spiro atoms. The summed E-state index contributed by atoms with van der Waals surface area (Å²) in [6, 6.07) is 9.45. The summed E-state index contributed by atoms with van der Waals surface area (Å²) in [5, 5.41) is 1.96. The van der Waals surface area contributed by atoms with Crippen LogP contribution in [0.15, 0.2) is 43.0 Å². The van der Waals surface area contributed by atoms with Gasteiger partial charge in [0.1, 0.15) is 11.9 Å². The fraction of sp³-hybridized carbons (Fsp3) is 0.526. The summed E-state index contributed by atoms with van der Waals surface area (Å²) in [7, 11) is -3.11. The maximum absolute atomic E-state index is 13.7. The van der Waals surface area contributed by atoms with Crippen molar-refractivity contribution in [2.75, 3.05) is 6.61 Å². The molecule has 0 aromatic heterocycles. The summed E-state index contributed by atoms with van der Waals surface area (Å²) in [6.07, 6.45) is 2.45. The van der Waals surface area contributed by atoms with Crippen LogP contribution in [0.2, 0.25) is 0 Å². The van der Waals surface area contributed by atoms with Gasteiger partial charge < -0.3 is 14.6 Å². The topological polar surface area (TPSA) is 64.6 Å². The van der Waals surface area contributed by atoms with E-state index in [1.165, 1.54) is 0 Å². The number of ether oxygens (including phenoxy) is 1. The Morgan fingerprint density at radius 3 is 2.64 bits per heavy atom. The van der Waals surface area contributed by atoms with Crippen LogP contribution in [-0.4, -0.2) is 23.6 Å². The maximum atomic E-state index is 13.7. The van der Waals surface area contributed by atoms with Crippen molar-refractivity contribution in [3.63, 3.8) is 0 Å². The minimum absolute atomic E-state index is 0.0665. The number of carbonyl (C=O) groups is 1. The summed E-state index contributed by atoms with van der Waals surface area (Å²) >= 11 is 0. The molecule has 1 saturated carbocycles. The van der Waals surface area contributed by atoms with E-state index in [9.17, 15) is 9.36 Å². The van der Waals surface area contributed by atoms with Gasteiger partial charge in [0.25, 0.3) is 0 Å². The molecule has 1 N–H and O–H groups in total. The fourth-order valence-electron chi connectivity index (χ4n) is 3.14. The second-order valence-corrected chi connectivity index (χ2v) is 9.56. The first-order valence-corrected chi connectivity index (χ1v) is 10.5. The molecule has 4 atom stereocenters. The quantitative estimate of drug-likeness (QED) is 0.498. The first-order valence-electron chi connectivity index (χ1n) is 8.79. The van der Waals surface area contributed by atoms with E-state index in [0.717, 1.165) is 5.56 Å². The lowest BCUT2D eigenvalue weighted by molar-refractivity contribution is 0.136. The minimum atomic E-state index is -3.11. The summed E-state index contributed by atoms with van der Waals surface area (Å²) in [4.78, 5) is 12.4. The predicted octanol–water partition coefficient (Wildman–Crippen LogP) is 4.93. The number of nitrogens with one attached hydrogen (secondary N) is 1. The monoisotopic (exact) mass is 365 g/mol. The zero-order chi connectivity index (χ0) is 18.5. The van der Waals surface area contributed by atoms with Crippen molar-refractivity contribution in [2.45, 2.75) is 51.2 Å². The summed E-state index contributed by atoms with van der Waals surface area (Å²) < 4.78 is 24.7. The van der Waals surface area contributed by atoms with Crippen molar-refractivity contribution in [2.24, 2.45) is 5.92 Å². The van der Waals surface area contributed by atoms with Gasteiger partial charge in [0.05, 0.1) is 6.61 Å². The van der Waals surface area contributed by atoms with Gasteiger partial charge >= 0.3 is 6.09 Å². The van der Waals surface area contributed by atoms with Crippen molar-refractivity contribution in [1.29, 1.82) is 0 Å². The average Bonchev–Trinajstić information content (AvgIpc) is 3.35. The average molecular weight is 365 g/mol. The van der Waals surface area contributed by atoms with Crippen molar-refractivity contribution < 1.29 is 18.6 Å². The number of hydrogen-bond donors (Lipinski definition) is 1. The third-order valence-corrected chi connectivity index (χ3v) is 8.75. The number of benzene rings is 1. The molecule has 6 heteroatoms. The molecular formula is C19H28NO4P. The Morgan fingerprint density at radius 2 is 2.12 bits per heavy atom. The predicted molar refractivity (Wildman–Crippen MR) is 99.8 cm³/mol. The van der Waals surface area contributed by atoms with Crippen LogP contribution in [0.3, 0.4) is 0 Å². The highest BCUT2D eigenvalue weighted by molar-refractivity contribution is 7.61. The van der Waals surface area contributed by atoms with Gasteiger partial charge in [-0.15, -0.1) is 6.58 Å².